The lowest BCUT2D eigenvalue weighted by Gasteiger charge is -2.56. The minimum absolute atomic E-state index is 0.283. The van der Waals surface area contributed by atoms with Crippen molar-refractivity contribution in [3.05, 3.63) is 28.8 Å². The Kier molecular flexibility index (Phi) is 3.69. The summed E-state index contributed by atoms with van der Waals surface area (Å²) in [5, 5.41) is 0.593. The van der Waals surface area contributed by atoms with Crippen LogP contribution in [0.4, 0.5) is 0 Å². The number of ether oxygens (including phenoxy) is 1. The first-order chi connectivity index (χ1) is 10.6. The molecular weight excluding hydrogens is 316 g/mol. The Bertz CT molecular complexity index is 578. The van der Waals surface area contributed by atoms with Crippen molar-refractivity contribution >= 4 is 29.3 Å². The topological polar surface area (TPSA) is 26.3 Å². The lowest BCUT2D eigenvalue weighted by atomic mass is 9.56. The largest absolute Gasteiger partial charge is 0.465 e. The monoisotopic (exact) mass is 336 g/mol. The van der Waals surface area contributed by atoms with Gasteiger partial charge in [0.25, 0.3) is 0 Å². The molecule has 1 aromatic rings. The summed E-state index contributed by atoms with van der Waals surface area (Å²) in [6, 6.07) is 5.63. The maximum absolute atomic E-state index is 12.1. The van der Waals surface area contributed by atoms with Gasteiger partial charge in [-0.2, -0.15) is 0 Å². The molecule has 0 heterocycles. The van der Waals surface area contributed by atoms with Gasteiger partial charge in [0.05, 0.1) is 12.7 Å². The van der Waals surface area contributed by atoms with Crippen LogP contribution in [0.1, 0.15) is 48.9 Å². The van der Waals surface area contributed by atoms with Crippen LogP contribution in [0.15, 0.2) is 23.1 Å². The van der Waals surface area contributed by atoms with Gasteiger partial charge in [-0.15, -0.1) is 11.8 Å². The second kappa shape index (κ2) is 5.45. The summed E-state index contributed by atoms with van der Waals surface area (Å²) < 4.78 is 5.28. The van der Waals surface area contributed by atoms with Crippen LogP contribution in [0.3, 0.4) is 0 Å². The predicted octanol–water partition coefficient (Wildman–Crippen LogP) is 5.19. The van der Waals surface area contributed by atoms with E-state index in [1.54, 1.807) is 6.07 Å². The average molecular weight is 337 g/mol. The molecule has 2 nitrogen and oxygen atoms in total. The quantitative estimate of drug-likeness (QED) is 0.711. The summed E-state index contributed by atoms with van der Waals surface area (Å²) in [5.41, 5.74) is 0.621. The van der Waals surface area contributed by atoms with Crippen molar-refractivity contribution in [1.82, 2.24) is 0 Å². The third-order valence-corrected chi connectivity index (χ3v) is 7.40. The molecule has 4 aliphatic rings. The van der Waals surface area contributed by atoms with E-state index >= 15 is 0 Å². The fourth-order valence-corrected chi connectivity index (χ4v) is 7.23. The van der Waals surface area contributed by atoms with Crippen molar-refractivity contribution < 1.29 is 9.53 Å². The Balaban J connectivity index is 1.65. The number of hydrogen-bond acceptors (Lipinski definition) is 3. The first-order valence-electron chi connectivity index (χ1n) is 8.14. The molecule has 118 valence electrons. The Morgan fingerprint density at radius 1 is 1.18 bits per heavy atom. The molecule has 0 spiro atoms. The fourth-order valence-electron chi connectivity index (χ4n) is 5.25. The predicted molar refractivity (Wildman–Crippen MR) is 89.6 cm³/mol. The van der Waals surface area contributed by atoms with Gasteiger partial charge >= 0.3 is 5.97 Å². The van der Waals surface area contributed by atoms with Gasteiger partial charge in [-0.3, -0.25) is 0 Å². The van der Waals surface area contributed by atoms with Crippen LogP contribution in [-0.4, -0.2) is 17.8 Å². The van der Waals surface area contributed by atoms with Gasteiger partial charge in [0.2, 0.25) is 0 Å². The third-order valence-electron chi connectivity index (χ3n) is 5.66. The molecule has 0 N–H and O–H groups in total. The van der Waals surface area contributed by atoms with E-state index in [4.69, 9.17) is 16.3 Å². The van der Waals surface area contributed by atoms with E-state index in [1.807, 2.05) is 23.9 Å². The fraction of sp³-hybridized carbons (Fsp3) is 0.611. The van der Waals surface area contributed by atoms with Crippen LogP contribution >= 0.6 is 23.4 Å². The van der Waals surface area contributed by atoms with Crippen LogP contribution in [-0.2, 0) is 4.74 Å². The van der Waals surface area contributed by atoms with Gasteiger partial charge in [-0.25, -0.2) is 4.79 Å². The summed E-state index contributed by atoms with van der Waals surface area (Å²) >= 11 is 8.00. The van der Waals surface area contributed by atoms with E-state index in [2.05, 4.69) is 0 Å². The SMILES string of the molecule is COC(=O)c1cc(Cl)ccc1SC12CC3CC(CC(C3)C1)C2. The van der Waals surface area contributed by atoms with Crippen molar-refractivity contribution in [3.63, 3.8) is 0 Å². The van der Waals surface area contributed by atoms with Crippen LogP contribution in [0, 0.1) is 17.8 Å². The molecule has 0 aliphatic heterocycles. The molecule has 4 fully saturated rings. The minimum atomic E-state index is -0.283. The number of thioether (sulfide) groups is 1. The van der Waals surface area contributed by atoms with Gasteiger partial charge in [0.1, 0.15) is 0 Å². The highest BCUT2D eigenvalue weighted by atomic mass is 35.5. The molecular formula is C18H21ClO2S. The molecule has 0 amide bonds. The van der Waals surface area contributed by atoms with Crippen LogP contribution in [0.5, 0.6) is 0 Å². The number of benzene rings is 1. The number of esters is 1. The molecule has 0 aromatic heterocycles. The highest BCUT2D eigenvalue weighted by Crippen LogP contribution is 2.62. The molecule has 0 atom stereocenters. The average Bonchev–Trinajstić information content (AvgIpc) is 2.46. The highest BCUT2D eigenvalue weighted by molar-refractivity contribution is 8.00. The smallest absolute Gasteiger partial charge is 0.339 e. The van der Waals surface area contributed by atoms with Crippen LogP contribution < -0.4 is 0 Å². The normalized spacial score (nSPS) is 35.6. The lowest BCUT2D eigenvalue weighted by Crippen LogP contribution is -2.48. The van der Waals surface area contributed by atoms with Crippen molar-refractivity contribution in [2.24, 2.45) is 17.8 Å². The van der Waals surface area contributed by atoms with Gasteiger partial charge in [-0.1, -0.05) is 11.6 Å². The number of methoxy groups -OCH3 is 1. The third kappa shape index (κ3) is 2.56. The van der Waals surface area contributed by atoms with Gasteiger partial charge in [0, 0.05) is 14.7 Å². The zero-order valence-corrected chi connectivity index (χ0v) is 14.4. The summed E-state index contributed by atoms with van der Waals surface area (Å²) in [4.78, 5) is 13.1. The summed E-state index contributed by atoms with van der Waals surface area (Å²) in [6.07, 6.45) is 8.24. The maximum atomic E-state index is 12.1. The van der Waals surface area contributed by atoms with Crippen molar-refractivity contribution in [2.75, 3.05) is 7.11 Å². The number of hydrogen-bond donors (Lipinski definition) is 0. The molecule has 4 aliphatic carbocycles. The molecule has 0 unspecified atom stereocenters. The molecule has 4 heteroatoms. The van der Waals surface area contributed by atoms with Crippen LogP contribution in [0.2, 0.25) is 5.02 Å². The van der Waals surface area contributed by atoms with Gasteiger partial charge < -0.3 is 4.74 Å². The molecule has 0 radical (unpaired) electrons. The van der Waals surface area contributed by atoms with Crippen molar-refractivity contribution in [1.29, 1.82) is 0 Å². The Hall–Kier alpha value is -0.670. The van der Waals surface area contributed by atoms with Crippen molar-refractivity contribution in [3.8, 4) is 0 Å². The second-order valence-electron chi connectivity index (χ2n) is 7.33. The first kappa shape index (κ1) is 14.9. The van der Waals surface area contributed by atoms with E-state index in [0.717, 1.165) is 22.6 Å². The Morgan fingerprint density at radius 2 is 1.77 bits per heavy atom. The molecule has 0 saturated heterocycles. The summed E-state index contributed by atoms with van der Waals surface area (Å²) in [6.45, 7) is 0. The van der Waals surface area contributed by atoms with E-state index in [9.17, 15) is 4.79 Å². The molecule has 22 heavy (non-hydrogen) atoms. The van der Waals surface area contributed by atoms with E-state index in [1.165, 1.54) is 45.6 Å². The van der Waals surface area contributed by atoms with Crippen molar-refractivity contribution in [2.45, 2.75) is 48.2 Å². The first-order valence-corrected chi connectivity index (χ1v) is 9.33. The zero-order valence-electron chi connectivity index (χ0n) is 12.8. The molecule has 5 rings (SSSR count). The molecule has 4 saturated carbocycles. The number of carbonyl (C=O) groups is 1. The Labute approximate surface area is 140 Å². The summed E-state index contributed by atoms with van der Waals surface area (Å²) in [5.74, 6) is 2.45. The second-order valence-corrected chi connectivity index (χ2v) is 9.28. The number of carbonyl (C=O) groups excluding carboxylic acids is 1. The lowest BCUT2D eigenvalue weighted by molar-refractivity contribution is 0.0383. The minimum Gasteiger partial charge on any atom is -0.465 e. The van der Waals surface area contributed by atoms with E-state index < -0.39 is 0 Å². The van der Waals surface area contributed by atoms with Gasteiger partial charge in [-0.05, 0) is 74.5 Å². The Morgan fingerprint density at radius 3 is 2.32 bits per heavy atom. The summed E-state index contributed by atoms with van der Waals surface area (Å²) in [7, 11) is 1.43. The number of halogens is 1. The standard InChI is InChI=1S/C18H21ClO2S/c1-21-17(20)15-7-14(19)2-3-16(15)22-18-8-11-4-12(9-18)6-13(5-11)10-18/h2-3,7,11-13H,4-6,8-10H2,1H3. The van der Waals surface area contributed by atoms with Crippen LogP contribution in [0.25, 0.3) is 0 Å². The highest BCUT2D eigenvalue weighted by Gasteiger charge is 2.51. The van der Waals surface area contributed by atoms with E-state index in [-0.39, 0.29) is 5.97 Å². The van der Waals surface area contributed by atoms with E-state index in [0.29, 0.717) is 15.3 Å². The van der Waals surface area contributed by atoms with Gasteiger partial charge in [0.15, 0.2) is 0 Å². The zero-order chi connectivity index (χ0) is 15.3. The molecule has 4 bridgehead atoms. The number of rotatable bonds is 3. The molecule has 1 aromatic carbocycles. The maximum Gasteiger partial charge on any atom is 0.339 e.